The molecular formula is C25H29N3O6. The topological polar surface area (TPSA) is 141 Å². The molecule has 0 aliphatic carbocycles. The number of amides is 2. The minimum atomic E-state index is -0.654. The molecule has 0 heterocycles. The lowest BCUT2D eigenvalue weighted by molar-refractivity contribution is -0.124. The molecule has 2 aromatic rings. The van der Waals surface area contributed by atoms with Gasteiger partial charge in [0, 0.05) is 17.2 Å². The van der Waals surface area contributed by atoms with E-state index in [1.807, 2.05) is 19.9 Å². The second-order valence-corrected chi connectivity index (χ2v) is 8.15. The van der Waals surface area contributed by atoms with Gasteiger partial charge in [0.25, 0.3) is 5.91 Å². The van der Waals surface area contributed by atoms with Gasteiger partial charge in [-0.25, -0.2) is 10.3 Å². The molecule has 1 atom stereocenters. The number of hydroxylamine groups is 1. The third-order valence-electron chi connectivity index (χ3n) is 5.07. The van der Waals surface area contributed by atoms with Crippen molar-refractivity contribution < 1.29 is 29.4 Å². The van der Waals surface area contributed by atoms with Crippen LogP contribution >= 0.6 is 0 Å². The van der Waals surface area contributed by atoms with Crippen LogP contribution in [0.3, 0.4) is 0 Å². The van der Waals surface area contributed by atoms with Crippen molar-refractivity contribution in [3.05, 3.63) is 71.8 Å². The van der Waals surface area contributed by atoms with Crippen molar-refractivity contribution in [1.29, 1.82) is 5.26 Å². The lowest BCUT2D eigenvalue weighted by Crippen LogP contribution is -2.29. The number of nitrogens with zero attached hydrogens (tertiary/aromatic N) is 1. The molecule has 9 heteroatoms. The van der Waals surface area contributed by atoms with E-state index >= 15 is 0 Å². The summed E-state index contributed by atoms with van der Waals surface area (Å²) < 4.78 is 11.2. The molecule has 180 valence electrons. The molecule has 0 saturated carbocycles. The van der Waals surface area contributed by atoms with E-state index in [4.69, 9.17) is 25.0 Å². The first-order valence-electron chi connectivity index (χ1n) is 10.7. The van der Waals surface area contributed by atoms with Crippen LogP contribution < -0.4 is 15.5 Å². The van der Waals surface area contributed by atoms with E-state index < -0.39 is 23.5 Å². The number of hydrogen-bond donors (Lipinski definition) is 4. The maximum absolute atomic E-state index is 12.7. The molecule has 2 aromatic carbocycles. The molecule has 0 spiro atoms. The molecule has 0 radical (unpaired) electrons. The molecule has 0 aliphatic heterocycles. The highest BCUT2D eigenvalue weighted by atomic mass is 16.6. The molecule has 0 aromatic heterocycles. The molecule has 0 unspecified atom stereocenters. The van der Waals surface area contributed by atoms with Gasteiger partial charge in [0.2, 0.25) is 0 Å². The van der Waals surface area contributed by atoms with Gasteiger partial charge in [-0.1, -0.05) is 32.1 Å². The fraction of sp³-hybridized carbons (Fsp3) is 0.320. The molecule has 2 rings (SSSR count). The third kappa shape index (κ3) is 8.24. The first-order valence-corrected chi connectivity index (χ1v) is 10.7. The average Bonchev–Trinajstić information content (AvgIpc) is 2.84. The van der Waals surface area contributed by atoms with Crippen LogP contribution in [0.15, 0.2) is 60.7 Å². The van der Waals surface area contributed by atoms with Crippen molar-refractivity contribution in [2.75, 3.05) is 18.5 Å². The predicted molar refractivity (Wildman–Crippen MR) is 125 cm³/mol. The molecule has 0 saturated heterocycles. The number of nitriles is 1. The van der Waals surface area contributed by atoms with Gasteiger partial charge in [-0.15, -0.1) is 0 Å². The Kier molecular flexibility index (Phi) is 10.1. The van der Waals surface area contributed by atoms with E-state index in [1.165, 1.54) is 11.6 Å². The number of aliphatic hydroxyl groups is 1. The quantitative estimate of drug-likeness (QED) is 0.222. The standard InChI is InChI=1S/C25H29N3O6/c1-25(2,14-4-3-5-22(30)28-32)23(19-8-12-21(13-9-19)33-16-15-29)34-24(31)27-20-10-6-18(17-26)7-11-20/h3,5-13,23,29,32H,4,14-16H2,1-2H3,(H,27,31)(H,28,30)/b5-3+/t23-/m1/s1. The van der Waals surface area contributed by atoms with Crippen LogP contribution in [0.2, 0.25) is 0 Å². The Morgan fingerprint density at radius 3 is 2.41 bits per heavy atom. The maximum atomic E-state index is 12.7. The Labute approximate surface area is 198 Å². The Morgan fingerprint density at radius 1 is 1.15 bits per heavy atom. The Morgan fingerprint density at radius 2 is 1.82 bits per heavy atom. The molecule has 4 N–H and O–H groups in total. The zero-order chi connectivity index (χ0) is 25.0. The zero-order valence-corrected chi connectivity index (χ0v) is 19.2. The van der Waals surface area contributed by atoms with Gasteiger partial charge >= 0.3 is 6.09 Å². The van der Waals surface area contributed by atoms with Crippen molar-refractivity contribution in [3.63, 3.8) is 0 Å². The maximum Gasteiger partial charge on any atom is 0.412 e. The van der Waals surface area contributed by atoms with Gasteiger partial charge in [0.15, 0.2) is 0 Å². The summed E-state index contributed by atoms with van der Waals surface area (Å²) in [6.45, 7) is 3.97. The summed E-state index contributed by atoms with van der Waals surface area (Å²) in [7, 11) is 0. The smallest absolute Gasteiger partial charge is 0.412 e. The lowest BCUT2D eigenvalue weighted by Gasteiger charge is -2.34. The summed E-state index contributed by atoms with van der Waals surface area (Å²) in [5, 5.41) is 29.1. The summed E-state index contributed by atoms with van der Waals surface area (Å²) in [5.74, 6) is -0.0415. The van der Waals surface area contributed by atoms with E-state index in [1.54, 1.807) is 54.6 Å². The molecule has 34 heavy (non-hydrogen) atoms. The van der Waals surface area contributed by atoms with Crippen LogP contribution in [0.4, 0.5) is 10.5 Å². The number of ether oxygens (including phenoxy) is 2. The second kappa shape index (κ2) is 13.0. The van der Waals surface area contributed by atoms with Crippen LogP contribution in [0, 0.1) is 16.7 Å². The predicted octanol–water partition coefficient (Wildman–Crippen LogP) is 4.09. The first kappa shape index (κ1) is 26.4. The summed E-state index contributed by atoms with van der Waals surface area (Å²) in [6, 6.07) is 15.5. The molecule has 0 fully saturated rings. The minimum absolute atomic E-state index is 0.0993. The highest BCUT2D eigenvalue weighted by molar-refractivity contribution is 5.86. The molecule has 9 nitrogen and oxygen atoms in total. The van der Waals surface area contributed by atoms with Crippen molar-refractivity contribution in [2.45, 2.75) is 32.8 Å². The van der Waals surface area contributed by atoms with Gasteiger partial charge in [-0.3, -0.25) is 15.3 Å². The summed E-state index contributed by atoms with van der Waals surface area (Å²) in [6.07, 6.45) is 2.65. The van der Waals surface area contributed by atoms with E-state index in [-0.39, 0.29) is 13.2 Å². The van der Waals surface area contributed by atoms with Crippen LogP contribution in [-0.4, -0.2) is 35.5 Å². The van der Waals surface area contributed by atoms with E-state index in [0.717, 1.165) is 5.56 Å². The van der Waals surface area contributed by atoms with E-state index in [2.05, 4.69) is 5.32 Å². The monoisotopic (exact) mass is 467 g/mol. The third-order valence-corrected chi connectivity index (χ3v) is 5.07. The lowest BCUT2D eigenvalue weighted by atomic mass is 9.78. The van der Waals surface area contributed by atoms with Crippen LogP contribution in [-0.2, 0) is 9.53 Å². The van der Waals surface area contributed by atoms with Gasteiger partial charge in [-0.2, -0.15) is 5.26 Å². The normalized spacial score (nSPS) is 12.0. The van der Waals surface area contributed by atoms with Crippen molar-refractivity contribution in [2.24, 2.45) is 5.41 Å². The summed E-state index contributed by atoms with van der Waals surface area (Å²) in [4.78, 5) is 23.9. The number of aliphatic hydroxyl groups excluding tert-OH is 1. The van der Waals surface area contributed by atoms with Gasteiger partial charge in [-0.05, 0) is 54.8 Å². The number of hydrogen-bond acceptors (Lipinski definition) is 7. The highest BCUT2D eigenvalue weighted by Gasteiger charge is 2.34. The summed E-state index contributed by atoms with van der Waals surface area (Å²) >= 11 is 0. The van der Waals surface area contributed by atoms with E-state index in [0.29, 0.717) is 29.8 Å². The van der Waals surface area contributed by atoms with Crippen LogP contribution in [0.1, 0.15) is 43.9 Å². The fourth-order valence-corrected chi connectivity index (χ4v) is 3.28. The largest absolute Gasteiger partial charge is 0.491 e. The number of benzene rings is 2. The molecule has 0 aliphatic rings. The van der Waals surface area contributed by atoms with Crippen LogP contribution in [0.5, 0.6) is 5.75 Å². The first-order chi connectivity index (χ1) is 16.3. The van der Waals surface area contributed by atoms with Gasteiger partial charge < -0.3 is 14.6 Å². The van der Waals surface area contributed by atoms with Gasteiger partial charge in [0.1, 0.15) is 18.5 Å². The summed E-state index contributed by atoms with van der Waals surface area (Å²) in [5.41, 5.74) is 2.72. The average molecular weight is 468 g/mol. The number of carbonyl (C=O) groups is 2. The number of anilines is 1. The van der Waals surface area contributed by atoms with E-state index in [9.17, 15) is 9.59 Å². The number of allylic oxidation sites excluding steroid dienone is 1. The number of rotatable bonds is 11. The Bertz CT molecular complexity index is 1010. The number of nitrogens with one attached hydrogen (secondary N) is 2. The Hall–Kier alpha value is -3.87. The second-order valence-electron chi connectivity index (χ2n) is 8.15. The van der Waals surface area contributed by atoms with Crippen molar-refractivity contribution in [3.8, 4) is 11.8 Å². The zero-order valence-electron chi connectivity index (χ0n) is 19.2. The van der Waals surface area contributed by atoms with Crippen molar-refractivity contribution in [1.82, 2.24) is 5.48 Å². The van der Waals surface area contributed by atoms with Crippen molar-refractivity contribution >= 4 is 17.7 Å². The molecule has 0 bridgehead atoms. The highest BCUT2D eigenvalue weighted by Crippen LogP contribution is 2.41. The van der Waals surface area contributed by atoms with Crippen LogP contribution in [0.25, 0.3) is 0 Å². The Balaban J connectivity index is 2.19. The van der Waals surface area contributed by atoms with Gasteiger partial charge in [0.05, 0.1) is 18.2 Å². The molecule has 2 amide bonds. The number of carbonyl (C=O) groups excluding carboxylic acids is 2. The molecular weight excluding hydrogens is 438 g/mol. The fourth-order valence-electron chi connectivity index (χ4n) is 3.28. The SMILES string of the molecule is CC(C)(CC/C=C/C(=O)NO)[C@H](OC(=O)Nc1ccc(C#N)cc1)c1ccc(OCCO)cc1. The minimum Gasteiger partial charge on any atom is -0.491 e.